The van der Waals surface area contributed by atoms with Crippen LogP contribution in [0.1, 0.15) is 36.7 Å². The van der Waals surface area contributed by atoms with Crippen molar-refractivity contribution in [3.05, 3.63) is 46.5 Å². The number of halogens is 1. The summed E-state index contributed by atoms with van der Waals surface area (Å²) in [7, 11) is 1.51. The van der Waals surface area contributed by atoms with Gasteiger partial charge in [0.25, 0.3) is 5.91 Å². The lowest BCUT2D eigenvalue weighted by molar-refractivity contribution is -0.116. The highest BCUT2D eigenvalue weighted by Gasteiger charge is 2.23. The van der Waals surface area contributed by atoms with Gasteiger partial charge in [-0.25, -0.2) is 0 Å². The topological polar surface area (TPSA) is 67.9 Å². The number of ether oxygens (including phenoxy) is 2. The summed E-state index contributed by atoms with van der Waals surface area (Å²) in [5, 5.41) is 3.20. The molecular formula is C22H25ClN2O4. The second kappa shape index (κ2) is 8.74. The molecule has 0 fully saturated rings. The largest absolute Gasteiger partial charge is 0.493 e. The third kappa shape index (κ3) is 4.65. The van der Waals surface area contributed by atoms with Crippen molar-refractivity contribution in [3.63, 3.8) is 0 Å². The molecule has 0 saturated heterocycles. The molecule has 0 saturated carbocycles. The van der Waals surface area contributed by atoms with Crippen molar-refractivity contribution < 1.29 is 19.1 Å². The predicted octanol–water partition coefficient (Wildman–Crippen LogP) is 4.54. The lowest BCUT2D eigenvalue weighted by Crippen LogP contribution is -2.25. The number of benzene rings is 2. The van der Waals surface area contributed by atoms with Gasteiger partial charge in [-0.1, -0.05) is 25.4 Å². The van der Waals surface area contributed by atoms with Gasteiger partial charge in [-0.15, -0.1) is 0 Å². The van der Waals surface area contributed by atoms with Gasteiger partial charge in [0.2, 0.25) is 5.91 Å². The maximum absolute atomic E-state index is 12.8. The van der Waals surface area contributed by atoms with Crippen molar-refractivity contribution in [1.29, 1.82) is 0 Å². The molecule has 0 aliphatic carbocycles. The van der Waals surface area contributed by atoms with Gasteiger partial charge >= 0.3 is 0 Å². The highest BCUT2D eigenvalue weighted by Crippen LogP contribution is 2.37. The fraction of sp³-hybridized carbons (Fsp3) is 0.364. The van der Waals surface area contributed by atoms with Crippen LogP contribution in [0.4, 0.5) is 11.4 Å². The summed E-state index contributed by atoms with van der Waals surface area (Å²) in [5.74, 6) is 0.886. The number of amides is 2. The zero-order valence-electron chi connectivity index (χ0n) is 17.0. The minimum Gasteiger partial charge on any atom is -0.493 e. The first-order valence-electron chi connectivity index (χ1n) is 9.53. The van der Waals surface area contributed by atoms with Gasteiger partial charge in [-0.2, -0.15) is 0 Å². The summed E-state index contributed by atoms with van der Waals surface area (Å²) in [4.78, 5) is 26.2. The maximum atomic E-state index is 12.8. The average Bonchev–Trinajstić information content (AvgIpc) is 3.09. The first-order valence-corrected chi connectivity index (χ1v) is 9.90. The lowest BCUT2D eigenvalue weighted by atomic mass is 10.1. The number of anilines is 2. The SMILES string of the molecule is COc1cc(C(=O)Nc2ccc3c(c2)CCN3C(C)=O)cc(Cl)c1OCC(C)C. The third-order valence-electron chi connectivity index (χ3n) is 4.67. The molecule has 6 nitrogen and oxygen atoms in total. The molecule has 7 heteroatoms. The zero-order valence-corrected chi connectivity index (χ0v) is 17.8. The molecule has 1 aliphatic heterocycles. The van der Waals surface area contributed by atoms with Gasteiger partial charge in [0, 0.05) is 30.4 Å². The van der Waals surface area contributed by atoms with Gasteiger partial charge in [-0.05, 0) is 48.2 Å². The Bertz CT molecular complexity index is 943. The average molecular weight is 417 g/mol. The molecule has 2 amide bonds. The van der Waals surface area contributed by atoms with Crippen LogP contribution in [0, 0.1) is 5.92 Å². The zero-order chi connectivity index (χ0) is 21.1. The van der Waals surface area contributed by atoms with E-state index < -0.39 is 0 Å². The van der Waals surface area contributed by atoms with E-state index in [1.165, 1.54) is 7.11 Å². The van der Waals surface area contributed by atoms with Crippen molar-refractivity contribution in [2.24, 2.45) is 5.92 Å². The van der Waals surface area contributed by atoms with Gasteiger partial charge in [0.05, 0.1) is 18.7 Å². The molecule has 1 N–H and O–H groups in total. The van der Waals surface area contributed by atoms with E-state index in [2.05, 4.69) is 5.32 Å². The third-order valence-corrected chi connectivity index (χ3v) is 4.95. The Balaban J connectivity index is 1.79. The molecule has 2 aromatic carbocycles. The molecule has 3 rings (SSSR count). The fourth-order valence-electron chi connectivity index (χ4n) is 3.25. The Hall–Kier alpha value is -2.73. The number of nitrogens with one attached hydrogen (secondary N) is 1. The van der Waals surface area contributed by atoms with E-state index in [9.17, 15) is 9.59 Å². The van der Waals surface area contributed by atoms with E-state index in [4.69, 9.17) is 21.1 Å². The summed E-state index contributed by atoms with van der Waals surface area (Å²) in [6.45, 7) is 6.78. The van der Waals surface area contributed by atoms with Gasteiger partial charge in [-0.3, -0.25) is 9.59 Å². The Kier molecular flexibility index (Phi) is 6.33. The number of hydrogen-bond acceptors (Lipinski definition) is 4. The van der Waals surface area contributed by atoms with Gasteiger partial charge in [0.15, 0.2) is 11.5 Å². The minimum absolute atomic E-state index is 0.0158. The van der Waals surface area contributed by atoms with Gasteiger partial charge < -0.3 is 19.7 Å². The van der Waals surface area contributed by atoms with E-state index in [-0.39, 0.29) is 11.8 Å². The highest BCUT2D eigenvalue weighted by atomic mass is 35.5. The molecule has 2 aromatic rings. The molecule has 0 radical (unpaired) electrons. The van der Waals surface area contributed by atoms with E-state index in [0.717, 1.165) is 17.7 Å². The standard InChI is InChI=1S/C22H25ClN2O4/c1-13(2)12-29-21-18(23)10-16(11-20(21)28-4)22(27)24-17-5-6-19-15(9-17)7-8-25(19)14(3)26/h5-6,9-11,13H,7-8,12H2,1-4H3,(H,24,27). The second-order valence-corrected chi connectivity index (χ2v) is 7.82. The van der Waals surface area contributed by atoms with Crippen molar-refractivity contribution in [2.75, 3.05) is 30.5 Å². The molecule has 0 aromatic heterocycles. The van der Waals surface area contributed by atoms with Crippen LogP contribution in [0.15, 0.2) is 30.3 Å². The van der Waals surface area contributed by atoms with Crippen LogP contribution in [0.3, 0.4) is 0 Å². The Labute approximate surface area is 175 Å². The van der Waals surface area contributed by atoms with Crippen molar-refractivity contribution in [2.45, 2.75) is 27.2 Å². The molecule has 1 heterocycles. The molecule has 0 bridgehead atoms. The number of nitrogens with zero attached hydrogens (tertiary/aromatic N) is 1. The normalized spacial score (nSPS) is 12.7. The second-order valence-electron chi connectivity index (χ2n) is 7.41. The van der Waals surface area contributed by atoms with Gasteiger partial charge in [0.1, 0.15) is 0 Å². The summed E-state index contributed by atoms with van der Waals surface area (Å²) in [5.41, 5.74) is 2.96. The molecule has 0 unspecified atom stereocenters. The number of hydrogen-bond donors (Lipinski definition) is 1. The Morgan fingerprint density at radius 3 is 2.66 bits per heavy atom. The van der Waals surface area contributed by atoms with E-state index in [0.29, 0.717) is 46.8 Å². The van der Waals surface area contributed by atoms with E-state index in [1.807, 2.05) is 26.0 Å². The summed E-state index contributed by atoms with van der Waals surface area (Å²) in [6.07, 6.45) is 0.764. The van der Waals surface area contributed by atoms with E-state index >= 15 is 0 Å². The lowest BCUT2D eigenvalue weighted by Gasteiger charge is -2.16. The number of carbonyl (C=O) groups is 2. The molecule has 0 atom stereocenters. The maximum Gasteiger partial charge on any atom is 0.255 e. The molecule has 1 aliphatic rings. The molecular weight excluding hydrogens is 392 g/mol. The molecule has 0 spiro atoms. The summed E-state index contributed by atoms with van der Waals surface area (Å²) >= 11 is 6.34. The van der Waals surface area contributed by atoms with Crippen molar-refractivity contribution in [3.8, 4) is 11.5 Å². The van der Waals surface area contributed by atoms with Crippen LogP contribution in [0.2, 0.25) is 5.02 Å². The van der Waals surface area contributed by atoms with Crippen molar-refractivity contribution in [1.82, 2.24) is 0 Å². The molecule has 29 heavy (non-hydrogen) atoms. The molecule has 154 valence electrons. The monoisotopic (exact) mass is 416 g/mol. The minimum atomic E-state index is -0.304. The number of carbonyl (C=O) groups excluding carboxylic acids is 2. The van der Waals surface area contributed by atoms with Crippen LogP contribution in [-0.4, -0.2) is 32.1 Å². The van der Waals surface area contributed by atoms with Crippen LogP contribution < -0.4 is 19.7 Å². The highest BCUT2D eigenvalue weighted by molar-refractivity contribution is 6.32. The summed E-state index contributed by atoms with van der Waals surface area (Å²) in [6, 6.07) is 8.73. The first-order chi connectivity index (χ1) is 13.8. The van der Waals surface area contributed by atoms with Crippen LogP contribution in [0.25, 0.3) is 0 Å². The first kappa shape index (κ1) is 21.0. The summed E-state index contributed by atoms with van der Waals surface area (Å²) < 4.78 is 11.1. The number of methoxy groups -OCH3 is 1. The number of fused-ring (bicyclic) bond motifs is 1. The smallest absolute Gasteiger partial charge is 0.255 e. The Morgan fingerprint density at radius 2 is 2.00 bits per heavy atom. The Morgan fingerprint density at radius 1 is 1.24 bits per heavy atom. The van der Waals surface area contributed by atoms with Crippen LogP contribution >= 0.6 is 11.6 Å². The quantitative estimate of drug-likeness (QED) is 0.750. The van der Waals surface area contributed by atoms with Crippen LogP contribution in [0.5, 0.6) is 11.5 Å². The number of rotatable bonds is 6. The van der Waals surface area contributed by atoms with Crippen LogP contribution in [-0.2, 0) is 11.2 Å². The van der Waals surface area contributed by atoms with E-state index in [1.54, 1.807) is 30.0 Å². The van der Waals surface area contributed by atoms with Crippen molar-refractivity contribution >= 4 is 34.8 Å². The predicted molar refractivity (Wildman–Crippen MR) is 114 cm³/mol. The fourth-order valence-corrected chi connectivity index (χ4v) is 3.52.